The SMILES string of the molecule is COc1ccc(C(=O)CCCC(=O)NC2CNCCO2)cc1. The highest BCUT2D eigenvalue weighted by Crippen LogP contribution is 2.13. The molecule has 1 aromatic rings. The van der Waals surface area contributed by atoms with E-state index in [0.29, 0.717) is 38.0 Å². The third-order valence-corrected chi connectivity index (χ3v) is 3.47. The number of benzene rings is 1. The Morgan fingerprint density at radius 3 is 2.73 bits per heavy atom. The van der Waals surface area contributed by atoms with Crippen molar-refractivity contribution in [1.29, 1.82) is 0 Å². The first-order valence-electron chi connectivity index (χ1n) is 7.48. The van der Waals surface area contributed by atoms with Crippen molar-refractivity contribution < 1.29 is 19.1 Å². The van der Waals surface area contributed by atoms with Gasteiger partial charge in [-0.2, -0.15) is 0 Å². The Labute approximate surface area is 130 Å². The van der Waals surface area contributed by atoms with Gasteiger partial charge in [-0.1, -0.05) is 0 Å². The maximum absolute atomic E-state index is 12.0. The number of amides is 1. The van der Waals surface area contributed by atoms with Crippen LogP contribution in [0.25, 0.3) is 0 Å². The number of hydrogen-bond acceptors (Lipinski definition) is 5. The molecule has 2 N–H and O–H groups in total. The molecule has 1 fully saturated rings. The molecule has 1 aromatic carbocycles. The van der Waals surface area contributed by atoms with E-state index in [1.54, 1.807) is 31.4 Å². The van der Waals surface area contributed by atoms with Crippen molar-refractivity contribution >= 4 is 11.7 Å². The normalized spacial score (nSPS) is 17.8. The summed E-state index contributed by atoms with van der Waals surface area (Å²) in [6.45, 7) is 2.03. The number of Topliss-reactive ketones (excluding diaryl/α,β-unsaturated/α-hetero) is 1. The second-order valence-electron chi connectivity index (χ2n) is 5.14. The Bertz CT molecular complexity index is 495. The van der Waals surface area contributed by atoms with Crippen LogP contribution in [0.15, 0.2) is 24.3 Å². The number of nitrogens with one attached hydrogen (secondary N) is 2. The standard InChI is InChI=1S/C16H22N2O4/c1-21-13-7-5-12(6-8-13)14(19)3-2-4-15(20)18-16-11-17-9-10-22-16/h5-8,16-17H,2-4,9-11H2,1H3,(H,18,20). The van der Waals surface area contributed by atoms with Gasteiger partial charge in [0.15, 0.2) is 5.78 Å². The van der Waals surface area contributed by atoms with Gasteiger partial charge in [0.05, 0.1) is 13.7 Å². The van der Waals surface area contributed by atoms with Gasteiger partial charge >= 0.3 is 0 Å². The summed E-state index contributed by atoms with van der Waals surface area (Å²) in [6.07, 6.45) is 0.931. The first-order valence-corrected chi connectivity index (χ1v) is 7.48. The van der Waals surface area contributed by atoms with E-state index in [2.05, 4.69) is 10.6 Å². The maximum atomic E-state index is 12.0. The van der Waals surface area contributed by atoms with E-state index in [4.69, 9.17) is 9.47 Å². The molecule has 120 valence electrons. The monoisotopic (exact) mass is 306 g/mol. The number of ketones is 1. The van der Waals surface area contributed by atoms with Crippen LogP contribution in [-0.2, 0) is 9.53 Å². The molecule has 0 spiro atoms. The van der Waals surface area contributed by atoms with Crippen molar-refractivity contribution in [1.82, 2.24) is 10.6 Å². The minimum Gasteiger partial charge on any atom is -0.497 e. The molecule has 0 aromatic heterocycles. The number of morpholine rings is 1. The van der Waals surface area contributed by atoms with Gasteiger partial charge in [0.2, 0.25) is 5.91 Å². The molecule has 1 aliphatic heterocycles. The predicted molar refractivity (Wildman–Crippen MR) is 81.9 cm³/mol. The van der Waals surface area contributed by atoms with Crippen molar-refractivity contribution in [3.8, 4) is 5.75 Å². The van der Waals surface area contributed by atoms with Gasteiger partial charge in [-0.3, -0.25) is 9.59 Å². The van der Waals surface area contributed by atoms with E-state index in [1.807, 2.05) is 0 Å². The lowest BCUT2D eigenvalue weighted by molar-refractivity contribution is -0.126. The minimum atomic E-state index is -0.265. The molecule has 1 amide bonds. The van der Waals surface area contributed by atoms with Crippen molar-refractivity contribution in [2.45, 2.75) is 25.5 Å². The van der Waals surface area contributed by atoms with E-state index in [1.165, 1.54) is 0 Å². The van der Waals surface area contributed by atoms with Crippen LogP contribution >= 0.6 is 0 Å². The molecule has 0 saturated carbocycles. The predicted octanol–water partition coefficient (Wildman–Crippen LogP) is 1.11. The number of ether oxygens (including phenoxy) is 2. The van der Waals surface area contributed by atoms with Gasteiger partial charge in [0, 0.05) is 31.5 Å². The van der Waals surface area contributed by atoms with Gasteiger partial charge in [0.1, 0.15) is 12.0 Å². The van der Waals surface area contributed by atoms with Gasteiger partial charge in [-0.15, -0.1) is 0 Å². The topological polar surface area (TPSA) is 76.7 Å². The molecule has 1 atom stereocenters. The summed E-state index contributed by atoms with van der Waals surface area (Å²) in [4.78, 5) is 23.8. The second kappa shape index (κ2) is 8.51. The molecule has 22 heavy (non-hydrogen) atoms. The highest BCUT2D eigenvalue weighted by molar-refractivity contribution is 5.96. The van der Waals surface area contributed by atoms with Crippen LogP contribution in [-0.4, -0.2) is 44.7 Å². The van der Waals surface area contributed by atoms with Gasteiger partial charge in [-0.25, -0.2) is 0 Å². The first-order chi connectivity index (χ1) is 10.7. The zero-order valence-corrected chi connectivity index (χ0v) is 12.8. The average Bonchev–Trinajstić information content (AvgIpc) is 2.55. The fourth-order valence-electron chi connectivity index (χ4n) is 2.24. The molecular weight excluding hydrogens is 284 g/mol. The summed E-state index contributed by atoms with van der Waals surface area (Å²) >= 11 is 0. The van der Waals surface area contributed by atoms with E-state index < -0.39 is 0 Å². The lowest BCUT2D eigenvalue weighted by atomic mass is 10.1. The largest absolute Gasteiger partial charge is 0.497 e. The van der Waals surface area contributed by atoms with Crippen LogP contribution in [0.3, 0.4) is 0 Å². The van der Waals surface area contributed by atoms with Crippen molar-refractivity contribution in [2.75, 3.05) is 26.8 Å². The van der Waals surface area contributed by atoms with Crippen molar-refractivity contribution in [3.63, 3.8) is 0 Å². The first kappa shape index (κ1) is 16.5. The van der Waals surface area contributed by atoms with Crippen LogP contribution in [0.4, 0.5) is 0 Å². The quantitative estimate of drug-likeness (QED) is 0.738. The Kier molecular flexibility index (Phi) is 6.36. The van der Waals surface area contributed by atoms with Crippen LogP contribution in [0, 0.1) is 0 Å². The summed E-state index contributed by atoms with van der Waals surface area (Å²) in [5, 5.41) is 5.94. The molecule has 1 saturated heterocycles. The zero-order valence-electron chi connectivity index (χ0n) is 12.8. The zero-order chi connectivity index (χ0) is 15.8. The maximum Gasteiger partial charge on any atom is 0.222 e. The molecule has 1 unspecified atom stereocenters. The van der Waals surface area contributed by atoms with E-state index in [9.17, 15) is 9.59 Å². The third kappa shape index (κ3) is 5.13. The molecule has 0 aliphatic carbocycles. The van der Waals surface area contributed by atoms with Crippen molar-refractivity contribution in [2.24, 2.45) is 0 Å². The third-order valence-electron chi connectivity index (χ3n) is 3.47. The highest BCUT2D eigenvalue weighted by Gasteiger charge is 2.15. The number of hydrogen-bond donors (Lipinski definition) is 2. The molecule has 2 rings (SSSR count). The lowest BCUT2D eigenvalue weighted by Crippen LogP contribution is -2.48. The van der Waals surface area contributed by atoms with E-state index >= 15 is 0 Å². The van der Waals surface area contributed by atoms with Crippen LogP contribution in [0.5, 0.6) is 5.75 Å². The molecule has 0 radical (unpaired) electrons. The van der Waals surface area contributed by atoms with Gasteiger partial charge in [-0.05, 0) is 30.7 Å². The number of carbonyl (C=O) groups is 2. The Hall–Kier alpha value is -1.92. The smallest absolute Gasteiger partial charge is 0.222 e. The van der Waals surface area contributed by atoms with Gasteiger partial charge < -0.3 is 20.1 Å². The number of rotatable bonds is 7. The fourth-order valence-corrected chi connectivity index (χ4v) is 2.24. The van der Waals surface area contributed by atoms with Gasteiger partial charge in [0.25, 0.3) is 0 Å². The summed E-state index contributed by atoms with van der Waals surface area (Å²) in [6, 6.07) is 6.99. The molecule has 6 nitrogen and oxygen atoms in total. The molecule has 1 heterocycles. The Morgan fingerprint density at radius 2 is 2.09 bits per heavy atom. The lowest BCUT2D eigenvalue weighted by Gasteiger charge is -2.24. The minimum absolute atomic E-state index is 0.0334. The second-order valence-corrected chi connectivity index (χ2v) is 5.14. The van der Waals surface area contributed by atoms with E-state index in [0.717, 1.165) is 12.3 Å². The average molecular weight is 306 g/mol. The summed E-state index contributed by atoms with van der Waals surface area (Å²) in [5.41, 5.74) is 0.640. The molecule has 6 heteroatoms. The number of carbonyl (C=O) groups excluding carboxylic acids is 2. The van der Waals surface area contributed by atoms with Crippen molar-refractivity contribution in [3.05, 3.63) is 29.8 Å². The highest BCUT2D eigenvalue weighted by atomic mass is 16.5. The molecule has 0 bridgehead atoms. The Morgan fingerprint density at radius 1 is 1.32 bits per heavy atom. The fraction of sp³-hybridized carbons (Fsp3) is 0.500. The molecule has 1 aliphatic rings. The number of methoxy groups -OCH3 is 1. The Balaban J connectivity index is 1.68. The summed E-state index contributed by atoms with van der Waals surface area (Å²) in [7, 11) is 1.58. The molecular formula is C16H22N2O4. The van der Waals surface area contributed by atoms with E-state index in [-0.39, 0.29) is 17.9 Å². The summed E-state index contributed by atoms with van der Waals surface area (Å²) in [5.74, 6) is 0.666. The summed E-state index contributed by atoms with van der Waals surface area (Å²) < 4.78 is 10.4. The van der Waals surface area contributed by atoms with Crippen LogP contribution < -0.4 is 15.4 Å². The van der Waals surface area contributed by atoms with Crippen LogP contribution in [0.1, 0.15) is 29.6 Å². The van der Waals surface area contributed by atoms with Crippen LogP contribution in [0.2, 0.25) is 0 Å².